The molecule has 0 bridgehead atoms. The van der Waals surface area contributed by atoms with Crippen LogP contribution in [0.2, 0.25) is 10.0 Å². The lowest BCUT2D eigenvalue weighted by molar-refractivity contribution is -0.138. The largest absolute Gasteiger partial charge is 0.480 e. The fourth-order valence-corrected chi connectivity index (χ4v) is 3.01. The van der Waals surface area contributed by atoms with Gasteiger partial charge in [0.1, 0.15) is 0 Å². The van der Waals surface area contributed by atoms with Gasteiger partial charge < -0.3 is 5.11 Å². The minimum Gasteiger partial charge on any atom is -0.480 e. The van der Waals surface area contributed by atoms with Crippen LogP contribution in [0.5, 0.6) is 0 Å². The predicted octanol–water partition coefficient (Wildman–Crippen LogP) is 2.76. The summed E-state index contributed by atoms with van der Waals surface area (Å²) in [6.45, 7) is 5.39. The van der Waals surface area contributed by atoms with Crippen molar-refractivity contribution < 1.29 is 9.90 Å². The summed E-state index contributed by atoms with van der Waals surface area (Å²) in [5.41, 5.74) is 1.02. The predicted molar refractivity (Wildman–Crippen MR) is 80.5 cm³/mol. The summed E-state index contributed by atoms with van der Waals surface area (Å²) >= 11 is 12.3. The van der Waals surface area contributed by atoms with Crippen molar-refractivity contribution in [3.05, 3.63) is 33.8 Å². The first-order chi connectivity index (χ1) is 9.49. The van der Waals surface area contributed by atoms with Gasteiger partial charge in [0.2, 0.25) is 0 Å². The van der Waals surface area contributed by atoms with Gasteiger partial charge in [-0.25, -0.2) is 0 Å². The third kappa shape index (κ3) is 3.64. The van der Waals surface area contributed by atoms with E-state index in [1.54, 1.807) is 6.07 Å². The van der Waals surface area contributed by atoms with Crippen LogP contribution in [0.1, 0.15) is 18.5 Å². The Bertz CT molecular complexity index is 488. The molecule has 1 heterocycles. The molecule has 110 valence electrons. The number of carbonyl (C=O) groups is 1. The highest BCUT2D eigenvalue weighted by Gasteiger charge is 2.24. The molecule has 1 atom stereocenters. The summed E-state index contributed by atoms with van der Waals surface area (Å²) in [7, 11) is 0. The molecule has 0 radical (unpaired) electrons. The van der Waals surface area contributed by atoms with E-state index in [1.807, 2.05) is 17.0 Å². The van der Waals surface area contributed by atoms with Crippen molar-refractivity contribution in [3.63, 3.8) is 0 Å². The zero-order valence-electron chi connectivity index (χ0n) is 11.4. The van der Waals surface area contributed by atoms with Gasteiger partial charge in [-0.1, -0.05) is 35.3 Å². The minimum atomic E-state index is -0.774. The van der Waals surface area contributed by atoms with E-state index in [0.29, 0.717) is 10.0 Å². The van der Waals surface area contributed by atoms with E-state index >= 15 is 0 Å². The Hall–Kier alpha value is -0.810. The maximum Gasteiger partial charge on any atom is 0.317 e. The molecule has 0 aliphatic carbocycles. The molecule has 6 heteroatoms. The molecule has 4 nitrogen and oxygen atoms in total. The molecular formula is C14H18Cl2N2O2. The van der Waals surface area contributed by atoms with Gasteiger partial charge in [-0.15, -0.1) is 0 Å². The van der Waals surface area contributed by atoms with E-state index in [-0.39, 0.29) is 12.6 Å². The second-order valence-electron chi connectivity index (χ2n) is 5.02. The van der Waals surface area contributed by atoms with Crippen molar-refractivity contribution >= 4 is 29.2 Å². The number of halogens is 2. The summed E-state index contributed by atoms with van der Waals surface area (Å²) < 4.78 is 0. The summed E-state index contributed by atoms with van der Waals surface area (Å²) in [6, 6.07) is 5.85. The van der Waals surface area contributed by atoms with Gasteiger partial charge in [0.05, 0.1) is 16.6 Å². The van der Waals surface area contributed by atoms with E-state index in [9.17, 15) is 4.79 Å². The average Bonchev–Trinajstić information content (AvgIpc) is 2.41. The molecular weight excluding hydrogens is 299 g/mol. The molecule has 1 aliphatic rings. The van der Waals surface area contributed by atoms with Gasteiger partial charge in [0.15, 0.2) is 0 Å². The summed E-state index contributed by atoms with van der Waals surface area (Å²) in [5.74, 6) is -0.774. The monoisotopic (exact) mass is 316 g/mol. The van der Waals surface area contributed by atoms with Crippen molar-refractivity contribution in [2.24, 2.45) is 0 Å². The number of hydrogen-bond donors (Lipinski definition) is 1. The van der Waals surface area contributed by atoms with E-state index in [1.165, 1.54) is 0 Å². The summed E-state index contributed by atoms with van der Waals surface area (Å²) in [4.78, 5) is 15.0. The molecule has 0 amide bonds. The molecule has 1 N–H and O–H groups in total. The molecule has 1 aromatic carbocycles. The molecule has 0 saturated carbocycles. The Morgan fingerprint density at radius 2 is 1.95 bits per heavy atom. The summed E-state index contributed by atoms with van der Waals surface area (Å²) in [5, 5.41) is 9.97. The molecule has 20 heavy (non-hydrogen) atoms. The highest BCUT2D eigenvalue weighted by Crippen LogP contribution is 2.32. The lowest BCUT2D eigenvalue weighted by atomic mass is 10.1. The fraction of sp³-hybridized carbons (Fsp3) is 0.500. The van der Waals surface area contributed by atoms with Crippen molar-refractivity contribution in [3.8, 4) is 0 Å². The highest BCUT2D eigenvalue weighted by molar-refractivity contribution is 6.42. The molecule has 0 aromatic heterocycles. The SMILES string of the molecule is CC(c1cccc(Cl)c1Cl)N1CCN(CC(=O)O)CC1. The molecule has 1 unspecified atom stereocenters. The maximum atomic E-state index is 10.7. The highest BCUT2D eigenvalue weighted by atomic mass is 35.5. The third-order valence-corrected chi connectivity index (χ3v) is 4.58. The standard InChI is InChI=1S/C14H18Cl2N2O2/c1-10(11-3-2-4-12(15)14(11)16)18-7-5-17(6-8-18)9-13(19)20/h2-4,10H,5-9H2,1H3,(H,19,20). The smallest absolute Gasteiger partial charge is 0.317 e. The van der Waals surface area contributed by atoms with Crippen LogP contribution in [0, 0.1) is 0 Å². The van der Waals surface area contributed by atoms with Gasteiger partial charge in [0.25, 0.3) is 0 Å². The topological polar surface area (TPSA) is 43.8 Å². The van der Waals surface area contributed by atoms with Crippen molar-refractivity contribution in [1.82, 2.24) is 9.80 Å². The first-order valence-corrected chi connectivity index (χ1v) is 7.36. The zero-order valence-corrected chi connectivity index (χ0v) is 12.9. The number of aliphatic carboxylic acids is 1. The molecule has 1 aliphatic heterocycles. The van der Waals surface area contributed by atoms with Gasteiger partial charge >= 0.3 is 5.97 Å². The van der Waals surface area contributed by atoms with Crippen LogP contribution in [0.15, 0.2) is 18.2 Å². The Morgan fingerprint density at radius 1 is 1.30 bits per heavy atom. The molecule has 2 rings (SSSR count). The van der Waals surface area contributed by atoms with E-state index < -0.39 is 5.97 Å². The number of rotatable bonds is 4. The number of benzene rings is 1. The lowest BCUT2D eigenvalue weighted by Gasteiger charge is -2.37. The van der Waals surface area contributed by atoms with E-state index in [2.05, 4.69) is 11.8 Å². The zero-order chi connectivity index (χ0) is 14.7. The second-order valence-corrected chi connectivity index (χ2v) is 5.81. The van der Waals surface area contributed by atoms with Gasteiger partial charge in [0, 0.05) is 32.2 Å². The van der Waals surface area contributed by atoms with Gasteiger partial charge in [-0.05, 0) is 18.6 Å². The number of nitrogens with zero attached hydrogens (tertiary/aromatic N) is 2. The number of carboxylic acids is 1. The van der Waals surface area contributed by atoms with E-state index in [4.69, 9.17) is 28.3 Å². The first kappa shape index (κ1) is 15.6. The quantitative estimate of drug-likeness (QED) is 0.927. The number of hydrogen-bond acceptors (Lipinski definition) is 3. The fourth-order valence-electron chi connectivity index (χ4n) is 2.54. The van der Waals surface area contributed by atoms with Gasteiger partial charge in [-0.3, -0.25) is 14.6 Å². The lowest BCUT2D eigenvalue weighted by Crippen LogP contribution is -2.48. The Morgan fingerprint density at radius 3 is 2.55 bits per heavy atom. The van der Waals surface area contributed by atoms with Crippen LogP contribution in [0.4, 0.5) is 0 Å². The van der Waals surface area contributed by atoms with Crippen LogP contribution >= 0.6 is 23.2 Å². The van der Waals surface area contributed by atoms with Crippen LogP contribution in [-0.4, -0.2) is 53.6 Å². The Labute approximate surface area is 128 Å². The Kier molecular flexibility index (Phi) is 5.27. The van der Waals surface area contributed by atoms with Crippen LogP contribution in [0.3, 0.4) is 0 Å². The molecule has 1 saturated heterocycles. The minimum absolute atomic E-state index is 0.111. The molecule has 1 aromatic rings. The summed E-state index contributed by atoms with van der Waals surface area (Å²) in [6.07, 6.45) is 0. The van der Waals surface area contributed by atoms with Crippen molar-refractivity contribution in [2.45, 2.75) is 13.0 Å². The molecule has 1 fully saturated rings. The van der Waals surface area contributed by atoms with Crippen molar-refractivity contribution in [1.29, 1.82) is 0 Å². The third-order valence-electron chi connectivity index (χ3n) is 3.75. The normalized spacial score (nSPS) is 18.9. The van der Waals surface area contributed by atoms with Crippen LogP contribution in [-0.2, 0) is 4.79 Å². The maximum absolute atomic E-state index is 10.7. The average molecular weight is 317 g/mol. The first-order valence-electron chi connectivity index (χ1n) is 6.61. The van der Waals surface area contributed by atoms with E-state index in [0.717, 1.165) is 31.7 Å². The number of piperazine rings is 1. The van der Waals surface area contributed by atoms with Gasteiger partial charge in [-0.2, -0.15) is 0 Å². The number of carboxylic acid groups (broad SMARTS) is 1. The van der Waals surface area contributed by atoms with Crippen LogP contribution in [0.25, 0.3) is 0 Å². The molecule has 0 spiro atoms. The van der Waals surface area contributed by atoms with Crippen LogP contribution < -0.4 is 0 Å². The Balaban J connectivity index is 1.99. The second kappa shape index (κ2) is 6.76. The van der Waals surface area contributed by atoms with Crippen molar-refractivity contribution in [2.75, 3.05) is 32.7 Å².